The fraction of sp³-hybridized carbons (Fsp3) is 0. The Balaban J connectivity index is 1.88. The zero-order valence-electron chi connectivity index (χ0n) is 14.7. The highest BCUT2D eigenvalue weighted by molar-refractivity contribution is 7.93. The lowest BCUT2D eigenvalue weighted by atomic mass is 10.2. The molecule has 0 heterocycles. The van der Waals surface area contributed by atoms with Crippen LogP contribution in [0.25, 0.3) is 0 Å². The number of benzene rings is 3. The van der Waals surface area contributed by atoms with Crippen LogP contribution < -0.4 is 9.44 Å². The normalized spacial score (nSPS) is 11.4. The molecule has 3 aromatic carbocycles. The van der Waals surface area contributed by atoms with Crippen molar-refractivity contribution in [3.63, 3.8) is 0 Å². The number of rotatable bonds is 6. The Morgan fingerprint density at radius 1 is 0.724 bits per heavy atom. The molecule has 0 aromatic heterocycles. The molecular weight excluding hydrogens is 434 g/mol. The molecule has 0 bridgehead atoms. The third-order valence-electron chi connectivity index (χ3n) is 3.75. The molecule has 3 aromatic rings. The Labute approximate surface area is 173 Å². The van der Waals surface area contributed by atoms with Crippen LogP contribution in [0.1, 0.15) is 5.56 Å². The number of hydrogen-bond donors (Lipinski definition) is 2. The van der Waals surface area contributed by atoms with E-state index in [4.69, 9.17) is 16.9 Å². The average Bonchev–Trinajstić information content (AvgIpc) is 2.67. The molecule has 0 radical (unpaired) electrons. The van der Waals surface area contributed by atoms with Gasteiger partial charge in [0.25, 0.3) is 20.0 Å². The van der Waals surface area contributed by atoms with Crippen molar-refractivity contribution in [2.45, 2.75) is 9.79 Å². The summed E-state index contributed by atoms with van der Waals surface area (Å²) in [6.07, 6.45) is 0. The molecule has 0 fully saturated rings. The summed E-state index contributed by atoms with van der Waals surface area (Å²) >= 11 is 5.87. The van der Waals surface area contributed by atoms with Crippen LogP contribution in [0.15, 0.2) is 82.6 Å². The number of nitrogens with zero attached hydrogens (tertiary/aromatic N) is 1. The molecule has 0 atom stereocenters. The number of hydrogen-bond acceptors (Lipinski definition) is 5. The summed E-state index contributed by atoms with van der Waals surface area (Å²) in [5, 5.41) is 9.30. The molecule has 3 rings (SSSR count). The highest BCUT2D eigenvalue weighted by atomic mass is 35.5. The van der Waals surface area contributed by atoms with E-state index in [-0.39, 0.29) is 26.7 Å². The summed E-state index contributed by atoms with van der Waals surface area (Å²) in [5.74, 6) is 0. The van der Waals surface area contributed by atoms with Gasteiger partial charge in [0.1, 0.15) is 0 Å². The lowest BCUT2D eigenvalue weighted by Crippen LogP contribution is -2.15. The van der Waals surface area contributed by atoms with Gasteiger partial charge < -0.3 is 0 Å². The highest BCUT2D eigenvalue weighted by Crippen LogP contribution is 2.23. The summed E-state index contributed by atoms with van der Waals surface area (Å²) < 4.78 is 55.1. The second kappa shape index (κ2) is 8.13. The Bertz CT molecular complexity index is 1320. The van der Waals surface area contributed by atoms with Crippen molar-refractivity contribution in [2.24, 2.45) is 0 Å². The van der Waals surface area contributed by atoms with Crippen molar-refractivity contribution in [1.82, 2.24) is 0 Å². The molecule has 0 aliphatic rings. The van der Waals surface area contributed by atoms with E-state index >= 15 is 0 Å². The van der Waals surface area contributed by atoms with E-state index in [0.717, 1.165) is 0 Å². The van der Waals surface area contributed by atoms with Gasteiger partial charge in [-0.3, -0.25) is 9.44 Å². The summed E-state index contributed by atoms with van der Waals surface area (Å²) in [6.45, 7) is 0. The zero-order valence-corrected chi connectivity index (χ0v) is 17.1. The first-order chi connectivity index (χ1) is 13.7. The number of sulfonamides is 2. The summed E-state index contributed by atoms with van der Waals surface area (Å²) in [6, 6.07) is 18.9. The molecular formula is C19H14ClN3O4S2. The van der Waals surface area contributed by atoms with E-state index in [2.05, 4.69) is 9.44 Å². The SMILES string of the molecule is N#Cc1cccc(S(=O)(=O)Nc2cccc(S(=O)(=O)Nc3cccc(Cl)c3)c2)c1. The van der Waals surface area contributed by atoms with E-state index in [9.17, 15) is 16.8 Å². The van der Waals surface area contributed by atoms with Gasteiger partial charge in [0.15, 0.2) is 0 Å². The maximum atomic E-state index is 12.6. The minimum absolute atomic E-state index is 0.0568. The summed E-state index contributed by atoms with van der Waals surface area (Å²) in [7, 11) is -7.98. The van der Waals surface area contributed by atoms with Gasteiger partial charge in [-0.15, -0.1) is 0 Å². The number of nitriles is 1. The predicted molar refractivity (Wildman–Crippen MR) is 111 cm³/mol. The fourth-order valence-corrected chi connectivity index (χ4v) is 4.82. The molecule has 148 valence electrons. The number of nitrogens with one attached hydrogen (secondary N) is 2. The molecule has 0 aliphatic carbocycles. The highest BCUT2D eigenvalue weighted by Gasteiger charge is 2.18. The van der Waals surface area contributed by atoms with Crippen LogP contribution in [-0.2, 0) is 20.0 Å². The molecule has 2 N–H and O–H groups in total. The first-order valence-electron chi connectivity index (χ1n) is 8.11. The molecule has 0 saturated carbocycles. The van der Waals surface area contributed by atoms with Crippen molar-refractivity contribution in [1.29, 1.82) is 5.26 Å². The lowest BCUT2D eigenvalue weighted by molar-refractivity contribution is 0.598. The number of halogens is 1. The van der Waals surface area contributed by atoms with Crippen LogP contribution in [0, 0.1) is 11.3 Å². The first-order valence-corrected chi connectivity index (χ1v) is 11.5. The quantitative estimate of drug-likeness (QED) is 0.595. The van der Waals surface area contributed by atoms with Crippen LogP contribution in [0.5, 0.6) is 0 Å². The van der Waals surface area contributed by atoms with E-state index in [1.165, 1.54) is 60.7 Å². The van der Waals surface area contributed by atoms with Crippen LogP contribution in [0.2, 0.25) is 5.02 Å². The van der Waals surface area contributed by atoms with Gasteiger partial charge in [0.2, 0.25) is 0 Å². The Hall–Kier alpha value is -3.06. The van der Waals surface area contributed by atoms with Crippen molar-refractivity contribution in [3.8, 4) is 6.07 Å². The Kier molecular flexibility index (Phi) is 5.79. The van der Waals surface area contributed by atoms with Gasteiger partial charge in [-0.1, -0.05) is 29.8 Å². The monoisotopic (exact) mass is 447 g/mol. The molecule has 10 heteroatoms. The minimum atomic E-state index is -4.01. The zero-order chi connectivity index (χ0) is 21.1. The van der Waals surface area contributed by atoms with Crippen LogP contribution in [-0.4, -0.2) is 16.8 Å². The van der Waals surface area contributed by atoms with Crippen LogP contribution >= 0.6 is 11.6 Å². The summed E-state index contributed by atoms with van der Waals surface area (Å²) in [4.78, 5) is -0.245. The van der Waals surface area contributed by atoms with E-state index in [0.29, 0.717) is 5.02 Å². The van der Waals surface area contributed by atoms with Gasteiger partial charge in [-0.05, 0) is 54.6 Å². The van der Waals surface area contributed by atoms with Crippen molar-refractivity contribution in [2.75, 3.05) is 9.44 Å². The van der Waals surface area contributed by atoms with Crippen molar-refractivity contribution < 1.29 is 16.8 Å². The second-order valence-electron chi connectivity index (χ2n) is 5.89. The van der Waals surface area contributed by atoms with Gasteiger partial charge in [-0.2, -0.15) is 5.26 Å². The van der Waals surface area contributed by atoms with Crippen molar-refractivity contribution >= 4 is 43.0 Å². The molecule has 7 nitrogen and oxygen atoms in total. The minimum Gasteiger partial charge on any atom is -0.280 e. The molecule has 0 saturated heterocycles. The van der Waals surface area contributed by atoms with Crippen molar-refractivity contribution in [3.05, 3.63) is 83.4 Å². The molecule has 0 aliphatic heterocycles. The number of anilines is 2. The van der Waals surface area contributed by atoms with Crippen LogP contribution in [0.4, 0.5) is 11.4 Å². The van der Waals surface area contributed by atoms with Gasteiger partial charge in [0, 0.05) is 5.02 Å². The summed E-state index contributed by atoms with van der Waals surface area (Å²) in [5.41, 5.74) is 0.521. The van der Waals surface area contributed by atoms with Crippen LogP contribution in [0.3, 0.4) is 0 Å². The topological polar surface area (TPSA) is 116 Å². The second-order valence-corrected chi connectivity index (χ2v) is 9.69. The van der Waals surface area contributed by atoms with E-state index in [1.807, 2.05) is 6.07 Å². The maximum absolute atomic E-state index is 12.6. The predicted octanol–water partition coefficient (Wildman–Crippen LogP) is 3.81. The Morgan fingerprint density at radius 2 is 1.24 bits per heavy atom. The van der Waals surface area contributed by atoms with E-state index < -0.39 is 20.0 Å². The first kappa shape index (κ1) is 20.7. The third-order valence-corrected chi connectivity index (χ3v) is 6.74. The lowest BCUT2D eigenvalue weighted by Gasteiger charge is -2.11. The standard InChI is InChI=1S/C19H14ClN3O4S2/c20-15-5-2-6-16(11-15)22-29(26,27)19-9-3-7-17(12-19)23-28(24,25)18-8-1-4-14(10-18)13-21/h1-12,22-23H. The van der Waals surface area contributed by atoms with Gasteiger partial charge in [-0.25, -0.2) is 16.8 Å². The maximum Gasteiger partial charge on any atom is 0.261 e. The smallest absolute Gasteiger partial charge is 0.261 e. The fourth-order valence-electron chi connectivity index (χ4n) is 2.44. The third kappa shape index (κ3) is 5.06. The molecule has 0 unspecified atom stereocenters. The Morgan fingerprint density at radius 3 is 1.83 bits per heavy atom. The van der Waals surface area contributed by atoms with Gasteiger partial charge in [0.05, 0.1) is 32.8 Å². The molecule has 0 amide bonds. The average molecular weight is 448 g/mol. The molecule has 0 spiro atoms. The molecule has 29 heavy (non-hydrogen) atoms. The van der Waals surface area contributed by atoms with Gasteiger partial charge >= 0.3 is 0 Å². The largest absolute Gasteiger partial charge is 0.280 e. The van der Waals surface area contributed by atoms with E-state index in [1.54, 1.807) is 12.1 Å².